The van der Waals surface area contributed by atoms with Crippen LogP contribution in [0.4, 0.5) is 10.5 Å². The number of benzene rings is 2. The van der Waals surface area contributed by atoms with E-state index in [0.717, 1.165) is 16.8 Å². The maximum absolute atomic E-state index is 12.7. The Hall–Kier alpha value is -2.38. The highest BCUT2D eigenvalue weighted by Gasteiger charge is 2.51. The van der Waals surface area contributed by atoms with Crippen LogP contribution in [-0.2, 0) is 10.0 Å². The van der Waals surface area contributed by atoms with Crippen molar-refractivity contribution >= 4 is 21.7 Å². The molecule has 2 aromatic carbocycles. The van der Waals surface area contributed by atoms with Crippen molar-refractivity contribution in [2.24, 2.45) is 11.8 Å². The van der Waals surface area contributed by atoms with E-state index in [1.165, 1.54) is 6.26 Å². The summed E-state index contributed by atoms with van der Waals surface area (Å²) in [4.78, 5) is 14.5. The zero-order chi connectivity index (χ0) is 19.9. The van der Waals surface area contributed by atoms with Crippen LogP contribution < -0.4 is 5.32 Å². The van der Waals surface area contributed by atoms with Gasteiger partial charge in [-0.2, -0.15) is 4.31 Å². The molecule has 28 heavy (non-hydrogen) atoms. The van der Waals surface area contributed by atoms with E-state index in [2.05, 4.69) is 5.32 Å². The number of anilines is 1. The molecule has 0 bridgehead atoms. The van der Waals surface area contributed by atoms with Crippen molar-refractivity contribution in [1.82, 2.24) is 9.21 Å². The van der Waals surface area contributed by atoms with E-state index in [4.69, 9.17) is 0 Å². The summed E-state index contributed by atoms with van der Waals surface area (Å²) < 4.78 is 26.3. The predicted octanol–water partition coefficient (Wildman–Crippen LogP) is 3.09. The molecule has 1 N–H and O–H groups in total. The number of sulfonamides is 1. The SMILES string of the molecule is Cc1ccc(NC(=O)N2C[C@@H]3CN(S(C)(=O)=O)[C@@H](c4ccccc4)[C@@H]3C2)cc1. The van der Waals surface area contributed by atoms with E-state index in [9.17, 15) is 13.2 Å². The standard InChI is InChI=1S/C21H25N3O3S/c1-15-8-10-18(11-9-15)22-21(25)23-12-17-13-24(28(2,26)27)20(19(17)14-23)16-6-4-3-5-7-16/h3-11,17,19-20H,12-14H2,1-2H3,(H,22,25)/t17-,19-,20+/m1/s1. The lowest BCUT2D eigenvalue weighted by Gasteiger charge is -2.28. The van der Waals surface area contributed by atoms with Crippen LogP contribution in [0, 0.1) is 18.8 Å². The molecule has 2 heterocycles. The van der Waals surface area contributed by atoms with Gasteiger partial charge in [0.2, 0.25) is 10.0 Å². The molecule has 2 aliphatic rings. The van der Waals surface area contributed by atoms with Gasteiger partial charge < -0.3 is 10.2 Å². The van der Waals surface area contributed by atoms with Crippen molar-refractivity contribution in [2.75, 3.05) is 31.2 Å². The van der Waals surface area contributed by atoms with Gasteiger partial charge in [-0.3, -0.25) is 0 Å². The van der Waals surface area contributed by atoms with E-state index in [0.29, 0.717) is 19.6 Å². The van der Waals surface area contributed by atoms with Crippen LogP contribution in [0.5, 0.6) is 0 Å². The molecule has 7 heteroatoms. The molecular weight excluding hydrogens is 374 g/mol. The minimum atomic E-state index is -3.32. The lowest BCUT2D eigenvalue weighted by molar-refractivity contribution is 0.214. The van der Waals surface area contributed by atoms with Crippen molar-refractivity contribution in [2.45, 2.75) is 13.0 Å². The molecule has 0 aromatic heterocycles. The molecule has 0 spiro atoms. The van der Waals surface area contributed by atoms with Crippen LogP contribution in [0.2, 0.25) is 0 Å². The fraction of sp³-hybridized carbons (Fsp3) is 0.381. The first kappa shape index (κ1) is 19.0. The Kier molecular flexibility index (Phi) is 4.89. The third-order valence-electron chi connectivity index (χ3n) is 5.78. The Morgan fingerprint density at radius 1 is 1.00 bits per heavy atom. The highest BCUT2D eigenvalue weighted by molar-refractivity contribution is 7.88. The Morgan fingerprint density at radius 2 is 1.68 bits per heavy atom. The number of hydrogen-bond acceptors (Lipinski definition) is 3. The second-order valence-corrected chi connectivity index (χ2v) is 9.75. The van der Waals surface area contributed by atoms with E-state index >= 15 is 0 Å². The summed E-state index contributed by atoms with van der Waals surface area (Å²) in [6.07, 6.45) is 1.27. The molecular formula is C21H25N3O3S. The number of rotatable bonds is 3. The number of amides is 2. The van der Waals surface area contributed by atoms with E-state index in [1.807, 2.05) is 66.4 Å². The number of likely N-dealkylation sites (tertiary alicyclic amines) is 1. The summed E-state index contributed by atoms with van der Waals surface area (Å²) in [7, 11) is -3.32. The van der Waals surface area contributed by atoms with E-state index in [1.54, 1.807) is 4.31 Å². The molecule has 0 unspecified atom stereocenters. The smallest absolute Gasteiger partial charge is 0.321 e. The number of nitrogens with one attached hydrogen (secondary N) is 1. The number of hydrogen-bond donors (Lipinski definition) is 1. The van der Waals surface area contributed by atoms with Crippen molar-refractivity contribution in [1.29, 1.82) is 0 Å². The first-order chi connectivity index (χ1) is 13.3. The highest BCUT2D eigenvalue weighted by Crippen LogP contribution is 2.46. The van der Waals surface area contributed by atoms with Gasteiger partial charge in [0.25, 0.3) is 0 Å². The van der Waals surface area contributed by atoms with Gasteiger partial charge in [-0.25, -0.2) is 13.2 Å². The summed E-state index contributed by atoms with van der Waals surface area (Å²) in [5.74, 6) is 0.240. The molecule has 2 saturated heterocycles. The number of carbonyl (C=O) groups excluding carboxylic acids is 1. The zero-order valence-electron chi connectivity index (χ0n) is 16.1. The average Bonchev–Trinajstić information content (AvgIpc) is 3.22. The van der Waals surface area contributed by atoms with Crippen molar-refractivity contribution in [3.8, 4) is 0 Å². The highest BCUT2D eigenvalue weighted by atomic mass is 32.2. The summed E-state index contributed by atoms with van der Waals surface area (Å²) >= 11 is 0. The van der Waals surface area contributed by atoms with Crippen molar-refractivity contribution < 1.29 is 13.2 Å². The molecule has 0 radical (unpaired) electrons. The molecule has 0 aliphatic carbocycles. The third-order valence-corrected chi connectivity index (χ3v) is 7.01. The van der Waals surface area contributed by atoms with Gasteiger partial charge in [-0.1, -0.05) is 48.0 Å². The monoisotopic (exact) mass is 399 g/mol. The number of urea groups is 1. The summed E-state index contributed by atoms with van der Waals surface area (Å²) in [6, 6.07) is 17.1. The fourth-order valence-corrected chi connectivity index (χ4v) is 5.57. The van der Waals surface area contributed by atoms with Gasteiger partial charge >= 0.3 is 6.03 Å². The average molecular weight is 400 g/mol. The van der Waals surface area contributed by atoms with E-state index < -0.39 is 10.0 Å². The van der Waals surface area contributed by atoms with Crippen LogP contribution >= 0.6 is 0 Å². The van der Waals surface area contributed by atoms with Crippen LogP contribution in [0.15, 0.2) is 54.6 Å². The number of nitrogens with zero attached hydrogens (tertiary/aromatic N) is 2. The molecule has 2 aliphatic heterocycles. The fourth-order valence-electron chi connectivity index (χ4n) is 4.42. The van der Waals surface area contributed by atoms with Gasteiger partial charge in [-0.05, 0) is 30.5 Å². The lowest BCUT2D eigenvalue weighted by Crippen LogP contribution is -2.38. The largest absolute Gasteiger partial charge is 0.324 e. The van der Waals surface area contributed by atoms with Gasteiger partial charge in [0.05, 0.1) is 12.3 Å². The maximum atomic E-state index is 12.7. The molecule has 4 rings (SSSR count). The maximum Gasteiger partial charge on any atom is 0.321 e. The normalized spacial score (nSPS) is 24.9. The number of aryl methyl sites for hydroxylation is 1. The quantitative estimate of drug-likeness (QED) is 0.862. The lowest BCUT2D eigenvalue weighted by atomic mass is 9.90. The predicted molar refractivity (Wildman–Crippen MR) is 109 cm³/mol. The minimum absolute atomic E-state index is 0.0980. The molecule has 2 amide bonds. The first-order valence-electron chi connectivity index (χ1n) is 9.47. The van der Waals surface area contributed by atoms with Gasteiger partial charge in [0, 0.05) is 31.2 Å². The topological polar surface area (TPSA) is 69.7 Å². The molecule has 148 valence electrons. The van der Waals surface area contributed by atoms with Crippen LogP contribution in [-0.4, -0.2) is 49.5 Å². The third kappa shape index (κ3) is 3.64. The summed E-state index contributed by atoms with van der Waals surface area (Å²) in [5.41, 5.74) is 2.89. The van der Waals surface area contributed by atoms with Crippen LogP contribution in [0.25, 0.3) is 0 Å². The zero-order valence-corrected chi connectivity index (χ0v) is 16.9. The molecule has 3 atom stereocenters. The van der Waals surface area contributed by atoms with E-state index in [-0.39, 0.29) is 23.9 Å². The minimum Gasteiger partial charge on any atom is -0.324 e. The van der Waals surface area contributed by atoms with Crippen LogP contribution in [0.1, 0.15) is 17.2 Å². The Morgan fingerprint density at radius 3 is 2.32 bits per heavy atom. The van der Waals surface area contributed by atoms with Gasteiger partial charge in [-0.15, -0.1) is 0 Å². The Labute approximate surface area is 166 Å². The Bertz CT molecular complexity index is 960. The summed E-state index contributed by atoms with van der Waals surface area (Å²) in [5, 5.41) is 2.95. The molecule has 2 fully saturated rings. The van der Waals surface area contributed by atoms with Crippen molar-refractivity contribution in [3.63, 3.8) is 0 Å². The second kappa shape index (κ2) is 7.22. The second-order valence-electron chi connectivity index (χ2n) is 7.81. The van der Waals surface area contributed by atoms with Crippen LogP contribution in [0.3, 0.4) is 0 Å². The van der Waals surface area contributed by atoms with Crippen molar-refractivity contribution in [3.05, 3.63) is 65.7 Å². The molecule has 2 aromatic rings. The first-order valence-corrected chi connectivity index (χ1v) is 11.3. The Balaban J connectivity index is 1.53. The number of carbonyl (C=O) groups is 1. The van der Waals surface area contributed by atoms with Gasteiger partial charge in [0.1, 0.15) is 0 Å². The van der Waals surface area contributed by atoms with Gasteiger partial charge in [0.15, 0.2) is 0 Å². The summed E-state index contributed by atoms with van der Waals surface area (Å²) in [6.45, 7) is 3.58. The number of fused-ring (bicyclic) bond motifs is 1. The molecule has 6 nitrogen and oxygen atoms in total. The molecule has 0 saturated carbocycles.